The first kappa shape index (κ1) is 65.7. The number of nitrogens with one attached hydrogen (secondary N) is 5. The molecule has 3 aliphatic heterocycles. The second-order valence-electron chi connectivity index (χ2n) is 24.5. The third kappa shape index (κ3) is 15.3. The number of rotatable bonds is 24. The SMILES string of the molecule is Cc1ccc(OC[C@H](CCC(N)O)NC(=O)[C@@H]2Cc3cccc4c3N2C(=O)[C@@H](NC(=O)c2cc3cc(C(=O)P(=O)(O)O)ccc3[nH]2)CC4)c(F)c1CCCCCC(=O)N[C@H](C(=O)N1C[C@H](O)C[C@H]1C(=O)N[C@@H](C)c1ccc(-c2scnc2C)cc1)C(C)(C)C. The van der Waals surface area contributed by atoms with Crippen molar-refractivity contribution in [2.45, 2.75) is 161 Å². The third-order valence-corrected chi connectivity index (χ3v) is 18.6. The fourth-order valence-corrected chi connectivity index (χ4v) is 13.2. The standard InChI is InChI=1S/C64H77FN9O13PS/c1-34-15-25-51(54(65)45(34)13-8-7-9-14-53(77)72-57(64(4,5)6)62(82)73-31-44(75)30-49(73)59(79)68-35(2)37-16-18-39(19-17-37)56-36(3)67-33-89-56)87-32-43(22-26-52(66)76)69-60(80)50-29-40-12-10-11-38-20-24-47(61(81)74(50)55(38)40)71-58(78)48-28-42-27-41(21-23-46(42)70-48)63(83)88(84,85)86/h10-12,15-19,21,23,25,27-28,33,35,43-44,47,49-50,52,57,70,75-76H,7-9,13-14,20,22,24,26,29-32,66H2,1-6H3,(H,68,79)(H,69,80)(H,71,78)(H,72,77)(H2,84,85,86)/t35-,43-,44+,47-,49-,50-,52?,57+/m0/s1. The van der Waals surface area contributed by atoms with Crippen molar-refractivity contribution >= 4 is 76.5 Å². The molecule has 1 unspecified atom stereocenters. The van der Waals surface area contributed by atoms with Crippen LogP contribution >= 0.6 is 18.9 Å². The molecule has 5 heterocycles. The highest BCUT2D eigenvalue weighted by atomic mass is 32.1. The summed E-state index contributed by atoms with van der Waals surface area (Å²) in [6.07, 6.45) is 0.562. The van der Waals surface area contributed by atoms with E-state index in [1.807, 2.05) is 77.1 Å². The lowest BCUT2D eigenvalue weighted by Crippen LogP contribution is -2.57. The number of aliphatic hydroxyl groups excluding tert-OH is 2. The first-order valence-electron chi connectivity index (χ1n) is 29.9. The van der Waals surface area contributed by atoms with Crippen LogP contribution in [0.4, 0.5) is 10.1 Å². The van der Waals surface area contributed by atoms with Crippen molar-refractivity contribution in [3.05, 3.63) is 135 Å². The number of para-hydroxylation sites is 1. The smallest absolute Gasteiger partial charge is 0.396 e. The Bertz CT molecular complexity index is 3710. The molecule has 0 bridgehead atoms. The van der Waals surface area contributed by atoms with Crippen molar-refractivity contribution in [1.29, 1.82) is 0 Å². The number of hydrogen-bond acceptors (Lipinski definition) is 14. The van der Waals surface area contributed by atoms with E-state index in [1.165, 1.54) is 40.1 Å². The number of hydrogen-bond donors (Lipinski definition) is 10. The van der Waals surface area contributed by atoms with Gasteiger partial charge in [-0.3, -0.25) is 43.0 Å². The highest BCUT2D eigenvalue weighted by Gasteiger charge is 2.46. The van der Waals surface area contributed by atoms with Crippen LogP contribution in [-0.4, -0.2) is 132 Å². The van der Waals surface area contributed by atoms with E-state index in [1.54, 1.807) is 29.8 Å². The number of aromatic nitrogens is 2. The number of aryl methyl sites for hydroxylation is 3. The van der Waals surface area contributed by atoms with Gasteiger partial charge >= 0.3 is 7.60 Å². The number of benzene rings is 4. The number of β-amino-alcohol motifs (C(OH)–C–C–N with tert-alkyl or cyclic N) is 1. The number of anilines is 1. The summed E-state index contributed by atoms with van der Waals surface area (Å²) in [5.74, 6) is -3.71. The van der Waals surface area contributed by atoms with Gasteiger partial charge in [0.1, 0.15) is 42.7 Å². The number of aromatic amines is 1. The number of unbranched alkanes of at least 4 members (excludes halogenated alkanes) is 2. The maximum absolute atomic E-state index is 16.4. The van der Waals surface area contributed by atoms with Crippen LogP contribution in [0.3, 0.4) is 0 Å². The van der Waals surface area contributed by atoms with Crippen LogP contribution in [0.15, 0.2) is 84.4 Å². The number of carbonyl (C=O) groups excluding carboxylic acids is 7. The number of aliphatic hydroxyl groups is 2. The van der Waals surface area contributed by atoms with Crippen LogP contribution in [0.5, 0.6) is 5.75 Å². The summed E-state index contributed by atoms with van der Waals surface area (Å²) < 4.78 is 34.1. The summed E-state index contributed by atoms with van der Waals surface area (Å²) in [6.45, 7) is 10.7. The van der Waals surface area contributed by atoms with Crippen LogP contribution in [0, 0.1) is 25.1 Å². The Hall–Kier alpha value is -7.70. The minimum absolute atomic E-state index is 0.0149. The Labute approximate surface area is 518 Å². The molecule has 6 aromatic rings. The highest BCUT2D eigenvalue weighted by Crippen LogP contribution is 2.41. The maximum Gasteiger partial charge on any atom is 0.396 e. The lowest BCUT2D eigenvalue weighted by atomic mass is 9.85. The van der Waals surface area contributed by atoms with E-state index >= 15 is 4.39 Å². The molecule has 9 rings (SSSR count). The Morgan fingerprint density at radius 3 is 2.35 bits per heavy atom. The van der Waals surface area contributed by atoms with E-state index in [9.17, 15) is 58.1 Å². The molecule has 0 spiro atoms. The van der Waals surface area contributed by atoms with Crippen molar-refractivity contribution in [3.63, 3.8) is 0 Å². The molecule has 8 atom stereocenters. The molecule has 22 nitrogen and oxygen atoms in total. The quantitative estimate of drug-likeness (QED) is 0.0177. The maximum atomic E-state index is 16.4. The average Bonchev–Trinajstić information content (AvgIpc) is 1.84. The predicted octanol–water partition coefficient (Wildman–Crippen LogP) is 6.46. The van der Waals surface area contributed by atoms with Gasteiger partial charge in [0.15, 0.2) is 11.6 Å². The number of carbonyl (C=O) groups is 7. The molecule has 4 aromatic carbocycles. The Kier molecular flexibility index (Phi) is 20.4. The molecule has 474 valence electrons. The number of likely N-dealkylation sites (tertiary alicyclic amines) is 1. The number of thiazole rings is 1. The van der Waals surface area contributed by atoms with Gasteiger partial charge in [-0.25, -0.2) is 9.37 Å². The summed E-state index contributed by atoms with van der Waals surface area (Å²) in [6, 6.07) is 16.5. The van der Waals surface area contributed by atoms with Gasteiger partial charge in [0.2, 0.25) is 29.5 Å². The normalized spacial score (nSPS) is 18.8. The fourth-order valence-electron chi connectivity index (χ4n) is 12.0. The molecule has 0 radical (unpaired) electrons. The number of ether oxygens (including phenoxy) is 1. The van der Waals surface area contributed by atoms with Crippen molar-refractivity contribution in [2.24, 2.45) is 11.1 Å². The molecule has 89 heavy (non-hydrogen) atoms. The first-order chi connectivity index (χ1) is 42.2. The number of nitrogens with two attached hydrogens (primary N) is 1. The zero-order valence-corrected chi connectivity index (χ0v) is 52.2. The van der Waals surface area contributed by atoms with Gasteiger partial charge < -0.3 is 61.6 Å². The van der Waals surface area contributed by atoms with E-state index in [2.05, 4.69) is 31.2 Å². The van der Waals surface area contributed by atoms with Crippen LogP contribution in [0.25, 0.3) is 21.3 Å². The second-order valence-corrected chi connectivity index (χ2v) is 26.9. The second kappa shape index (κ2) is 27.6. The molecule has 6 amide bonds. The van der Waals surface area contributed by atoms with E-state index < -0.39 is 102 Å². The van der Waals surface area contributed by atoms with Gasteiger partial charge in [0.05, 0.1) is 40.0 Å². The van der Waals surface area contributed by atoms with Gasteiger partial charge in [0, 0.05) is 42.3 Å². The topological polar surface area (TPSA) is 336 Å². The Balaban J connectivity index is 0.780. The number of fused-ring (bicyclic) bond motifs is 1. The van der Waals surface area contributed by atoms with E-state index in [0.717, 1.165) is 32.8 Å². The lowest BCUT2D eigenvalue weighted by Gasteiger charge is -2.35. The number of H-pyrrole nitrogens is 1. The van der Waals surface area contributed by atoms with Crippen LogP contribution < -0.4 is 36.6 Å². The average molecular weight is 1260 g/mol. The summed E-state index contributed by atoms with van der Waals surface area (Å²) in [5.41, 5.74) is 11.6. The molecule has 0 saturated carbocycles. The molecular weight excluding hydrogens is 1180 g/mol. The number of halogens is 1. The Morgan fingerprint density at radius 2 is 1.65 bits per heavy atom. The molecule has 1 fully saturated rings. The summed E-state index contributed by atoms with van der Waals surface area (Å²) in [4.78, 5) is 127. The van der Waals surface area contributed by atoms with Gasteiger partial charge in [-0.1, -0.05) is 75.7 Å². The number of nitrogens with zero attached hydrogens (tertiary/aromatic N) is 3. The molecule has 0 aliphatic carbocycles. The summed E-state index contributed by atoms with van der Waals surface area (Å²) in [7, 11) is -5.07. The van der Waals surface area contributed by atoms with Crippen LogP contribution in [0.1, 0.15) is 139 Å². The van der Waals surface area contributed by atoms with E-state index in [4.69, 9.17) is 10.5 Å². The van der Waals surface area contributed by atoms with E-state index in [-0.39, 0.29) is 74.6 Å². The van der Waals surface area contributed by atoms with Crippen molar-refractivity contribution in [1.82, 2.24) is 36.1 Å². The van der Waals surface area contributed by atoms with Crippen LogP contribution in [0.2, 0.25) is 0 Å². The third-order valence-electron chi connectivity index (χ3n) is 16.8. The van der Waals surface area contributed by atoms with Gasteiger partial charge in [-0.2, -0.15) is 0 Å². The highest BCUT2D eigenvalue weighted by molar-refractivity contribution is 7.70. The summed E-state index contributed by atoms with van der Waals surface area (Å²) >= 11 is 1.55. The zero-order chi connectivity index (χ0) is 64.2. The van der Waals surface area contributed by atoms with Crippen LogP contribution in [-0.2, 0) is 47.8 Å². The minimum atomic E-state index is -5.07. The zero-order valence-electron chi connectivity index (χ0n) is 50.5. The molecule has 1 saturated heterocycles. The Morgan fingerprint density at radius 1 is 0.921 bits per heavy atom. The van der Waals surface area contributed by atoms with Crippen molar-refractivity contribution in [2.75, 3.05) is 18.1 Å². The predicted molar refractivity (Wildman–Crippen MR) is 332 cm³/mol. The fraction of sp³-hybridized carbons (Fsp3) is 0.438. The largest absolute Gasteiger partial charge is 0.488 e. The molecular formula is C64H77FN9O13PS. The molecule has 11 N–H and O–H groups in total. The van der Waals surface area contributed by atoms with Gasteiger partial charge in [-0.05, 0) is 135 Å². The van der Waals surface area contributed by atoms with Crippen molar-refractivity contribution in [3.8, 4) is 16.2 Å². The lowest BCUT2D eigenvalue weighted by molar-refractivity contribution is -0.144. The van der Waals surface area contributed by atoms with E-state index in [0.29, 0.717) is 59.8 Å². The van der Waals surface area contributed by atoms with Gasteiger partial charge in [0.25, 0.3) is 11.4 Å². The van der Waals surface area contributed by atoms with Crippen molar-refractivity contribution < 1.29 is 67.3 Å². The molecule has 3 aliphatic rings. The monoisotopic (exact) mass is 1260 g/mol. The number of amides is 6. The first-order valence-corrected chi connectivity index (χ1v) is 32.4. The van der Waals surface area contributed by atoms with Gasteiger partial charge in [-0.15, -0.1) is 11.3 Å². The molecule has 2 aromatic heterocycles. The minimum Gasteiger partial charge on any atom is -0.488 e. The summed E-state index contributed by atoms with van der Waals surface area (Å²) in [5, 5.41) is 32.9. The molecule has 25 heteroatoms.